The van der Waals surface area contributed by atoms with Crippen LogP contribution in [0.15, 0.2) is 10.7 Å². The van der Waals surface area contributed by atoms with Gasteiger partial charge >= 0.3 is 5.65 Å². The average molecular weight is 189 g/mol. The van der Waals surface area contributed by atoms with Crippen molar-refractivity contribution in [3.05, 3.63) is 22.5 Å². The molecular formula is C9H7N3O2. The predicted molar refractivity (Wildman–Crippen MR) is 48.0 cm³/mol. The fraction of sp³-hybridized carbons (Fsp3) is 0.222. The van der Waals surface area contributed by atoms with Crippen LogP contribution < -0.4 is 4.90 Å². The molecule has 0 aliphatic rings. The predicted octanol–water partition coefficient (Wildman–Crippen LogP) is 0.340. The third-order valence-electron chi connectivity index (χ3n) is 1.89. The SMILES string of the molecule is C#CCc1cc(C)c2c(no[n+]2[O-])n1. The molecule has 0 spiro atoms. The van der Waals surface area contributed by atoms with Gasteiger partial charge in [-0.1, -0.05) is 0 Å². The maximum absolute atomic E-state index is 11.1. The molecule has 2 aromatic heterocycles. The van der Waals surface area contributed by atoms with Crippen LogP contribution in [0.2, 0.25) is 0 Å². The second kappa shape index (κ2) is 3.00. The lowest BCUT2D eigenvalue weighted by Gasteiger charge is -1.95. The molecule has 70 valence electrons. The first-order valence-electron chi connectivity index (χ1n) is 4.02. The van der Waals surface area contributed by atoms with E-state index >= 15 is 0 Å². The summed E-state index contributed by atoms with van der Waals surface area (Å²) in [4.78, 5) is 4.42. The van der Waals surface area contributed by atoms with E-state index in [1.807, 2.05) is 0 Å². The Hall–Kier alpha value is -2.09. The molecule has 0 aliphatic carbocycles. The Morgan fingerprint density at radius 2 is 2.50 bits per heavy atom. The molecule has 0 aromatic carbocycles. The van der Waals surface area contributed by atoms with Crippen molar-refractivity contribution in [1.29, 1.82) is 0 Å². The fourth-order valence-electron chi connectivity index (χ4n) is 1.32. The summed E-state index contributed by atoms with van der Waals surface area (Å²) >= 11 is 0. The second-order valence-corrected chi connectivity index (χ2v) is 2.91. The van der Waals surface area contributed by atoms with E-state index in [9.17, 15) is 5.21 Å². The Labute approximate surface area is 79.9 Å². The van der Waals surface area contributed by atoms with Crippen LogP contribution in [0, 0.1) is 24.5 Å². The number of aryl methyl sites for hydroxylation is 1. The van der Waals surface area contributed by atoms with Gasteiger partial charge in [0.05, 0.1) is 17.3 Å². The second-order valence-electron chi connectivity index (χ2n) is 2.91. The summed E-state index contributed by atoms with van der Waals surface area (Å²) in [6.45, 7) is 1.79. The molecule has 0 radical (unpaired) electrons. The van der Waals surface area contributed by atoms with Crippen LogP contribution in [0.1, 0.15) is 11.3 Å². The van der Waals surface area contributed by atoms with Gasteiger partial charge in [-0.05, 0) is 17.9 Å². The van der Waals surface area contributed by atoms with Crippen molar-refractivity contribution in [2.24, 2.45) is 0 Å². The minimum atomic E-state index is 0.297. The van der Waals surface area contributed by atoms with Gasteiger partial charge in [0.15, 0.2) is 0 Å². The number of pyridine rings is 1. The van der Waals surface area contributed by atoms with Crippen molar-refractivity contribution in [3.63, 3.8) is 0 Å². The average Bonchev–Trinajstić information content (AvgIpc) is 2.48. The number of rotatable bonds is 1. The largest absolute Gasteiger partial charge is 0.359 e. The molecule has 0 atom stereocenters. The van der Waals surface area contributed by atoms with Gasteiger partial charge in [-0.3, -0.25) is 4.63 Å². The number of fused-ring (bicyclic) bond motifs is 1. The van der Waals surface area contributed by atoms with Gasteiger partial charge in [0.25, 0.3) is 0 Å². The van der Waals surface area contributed by atoms with E-state index in [4.69, 9.17) is 6.42 Å². The smallest absolute Gasteiger partial charge is 0.341 e. The van der Waals surface area contributed by atoms with Crippen LogP contribution in [0.3, 0.4) is 0 Å². The molecule has 0 unspecified atom stereocenters. The molecule has 0 bridgehead atoms. The maximum Gasteiger partial charge on any atom is 0.341 e. The van der Waals surface area contributed by atoms with Gasteiger partial charge in [0, 0.05) is 5.56 Å². The highest BCUT2D eigenvalue weighted by Crippen LogP contribution is 2.12. The van der Waals surface area contributed by atoms with E-state index in [0.29, 0.717) is 28.2 Å². The highest BCUT2D eigenvalue weighted by molar-refractivity contribution is 5.69. The van der Waals surface area contributed by atoms with Crippen molar-refractivity contribution in [2.45, 2.75) is 13.3 Å². The van der Waals surface area contributed by atoms with Gasteiger partial charge in [0.1, 0.15) is 0 Å². The molecule has 0 amide bonds. The molecule has 0 N–H and O–H groups in total. The molecule has 2 rings (SSSR count). The van der Waals surface area contributed by atoms with E-state index < -0.39 is 0 Å². The summed E-state index contributed by atoms with van der Waals surface area (Å²) in [5.41, 5.74) is 2.12. The third kappa shape index (κ3) is 1.17. The van der Waals surface area contributed by atoms with Gasteiger partial charge in [-0.25, -0.2) is 4.98 Å². The van der Waals surface area contributed by atoms with E-state index in [1.165, 1.54) is 0 Å². The Kier molecular flexibility index (Phi) is 1.82. The molecule has 0 saturated carbocycles. The Morgan fingerprint density at radius 3 is 3.21 bits per heavy atom. The van der Waals surface area contributed by atoms with Crippen molar-refractivity contribution in [1.82, 2.24) is 10.1 Å². The minimum absolute atomic E-state index is 0.297. The highest BCUT2D eigenvalue weighted by atomic mass is 16.8. The molecule has 2 aromatic rings. The van der Waals surface area contributed by atoms with Crippen LogP contribution in [0.4, 0.5) is 0 Å². The molecule has 5 nitrogen and oxygen atoms in total. The molecule has 0 fully saturated rings. The Morgan fingerprint density at radius 1 is 1.71 bits per heavy atom. The highest BCUT2D eigenvalue weighted by Gasteiger charge is 2.14. The van der Waals surface area contributed by atoms with E-state index in [1.54, 1.807) is 13.0 Å². The van der Waals surface area contributed by atoms with Crippen molar-refractivity contribution in [2.75, 3.05) is 0 Å². The summed E-state index contributed by atoms with van der Waals surface area (Å²) in [5, 5.41) is 14.6. The van der Waals surface area contributed by atoms with Gasteiger partial charge in [0.2, 0.25) is 5.52 Å². The monoisotopic (exact) mass is 189 g/mol. The molecule has 2 heterocycles. The number of aromatic nitrogens is 3. The van der Waals surface area contributed by atoms with Crippen LogP contribution in [0.25, 0.3) is 11.2 Å². The molecule has 5 heteroatoms. The van der Waals surface area contributed by atoms with E-state index in [2.05, 4.69) is 20.7 Å². The molecule has 0 aliphatic heterocycles. The lowest BCUT2D eigenvalue weighted by Crippen LogP contribution is -2.23. The topological polar surface area (TPSA) is 65.9 Å². The lowest BCUT2D eigenvalue weighted by atomic mass is 10.2. The number of hydrogen-bond donors (Lipinski definition) is 0. The zero-order valence-electron chi connectivity index (χ0n) is 7.52. The molecule has 0 saturated heterocycles. The first kappa shape index (κ1) is 8.51. The standard InChI is InChI=1S/C9H7N3O2/c1-3-4-7-5-6(2)8-9(10-7)11-14-12(8)13/h1,5H,4H2,2H3. The van der Waals surface area contributed by atoms with Gasteiger partial charge < -0.3 is 5.21 Å². The summed E-state index contributed by atoms with van der Waals surface area (Å²) in [5.74, 6) is 2.48. The van der Waals surface area contributed by atoms with Crippen molar-refractivity contribution in [3.8, 4) is 12.3 Å². The first-order valence-corrected chi connectivity index (χ1v) is 4.02. The van der Waals surface area contributed by atoms with Crippen LogP contribution in [-0.4, -0.2) is 10.1 Å². The first-order chi connectivity index (χ1) is 6.72. The summed E-state index contributed by atoms with van der Waals surface area (Å²) in [6, 6.07) is 1.76. The third-order valence-corrected chi connectivity index (χ3v) is 1.89. The minimum Gasteiger partial charge on any atom is -0.359 e. The van der Waals surface area contributed by atoms with Crippen LogP contribution in [0.5, 0.6) is 0 Å². The van der Waals surface area contributed by atoms with Gasteiger partial charge in [-0.2, -0.15) is 0 Å². The van der Waals surface area contributed by atoms with Crippen molar-refractivity contribution < 1.29 is 9.53 Å². The number of terminal acetylenes is 1. The maximum atomic E-state index is 11.1. The zero-order valence-corrected chi connectivity index (χ0v) is 7.52. The fourth-order valence-corrected chi connectivity index (χ4v) is 1.32. The van der Waals surface area contributed by atoms with E-state index in [-0.39, 0.29) is 0 Å². The van der Waals surface area contributed by atoms with Crippen molar-refractivity contribution >= 4 is 11.2 Å². The van der Waals surface area contributed by atoms with Crippen LogP contribution >= 0.6 is 0 Å². The van der Waals surface area contributed by atoms with Gasteiger partial charge in [-0.15, -0.1) is 12.3 Å². The van der Waals surface area contributed by atoms with E-state index in [0.717, 1.165) is 5.56 Å². The quantitative estimate of drug-likeness (QED) is 0.479. The molecule has 14 heavy (non-hydrogen) atoms. The summed E-state index contributed by atoms with van der Waals surface area (Å²) in [6.07, 6.45) is 5.58. The number of hydrogen-bond acceptors (Lipinski definition) is 4. The molecular weight excluding hydrogens is 182 g/mol. The zero-order chi connectivity index (χ0) is 10.1. The number of nitrogens with zero attached hydrogens (tertiary/aromatic N) is 3. The Bertz CT molecular complexity index is 525. The summed E-state index contributed by atoms with van der Waals surface area (Å²) in [7, 11) is 0. The Balaban J connectivity index is 2.69. The van der Waals surface area contributed by atoms with Crippen LogP contribution in [-0.2, 0) is 6.42 Å². The normalized spacial score (nSPS) is 10.3. The lowest BCUT2D eigenvalue weighted by molar-refractivity contribution is -0.782. The summed E-state index contributed by atoms with van der Waals surface area (Å²) < 4.78 is 4.43.